The summed E-state index contributed by atoms with van der Waals surface area (Å²) in [6, 6.07) is 5.37. The van der Waals surface area contributed by atoms with E-state index in [4.69, 9.17) is 18.9 Å². The summed E-state index contributed by atoms with van der Waals surface area (Å²) >= 11 is 0. The van der Waals surface area contributed by atoms with Crippen LogP contribution in [0.5, 0.6) is 11.5 Å². The molecule has 4 rings (SSSR count). The number of para-hydroxylation sites is 1. The lowest BCUT2D eigenvalue weighted by Gasteiger charge is -2.38. The van der Waals surface area contributed by atoms with E-state index in [0.29, 0.717) is 46.0 Å². The van der Waals surface area contributed by atoms with Gasteiger partial charge < -0.3 is 24.3 Å². The fraction of sp³-hybridized carbons (Fsp3) is 0.519. The van der Waals surface area contributed by atoms with Gasteiger partial charge in [0.1, 0.15) is 12.0 Å². The Morgan fingerprint density at radius 3 is 2.40 bits per heavy atom. The van der Waals surface area contributed by atoms with E-state index in [1.54, 1.807) is 12.1 Å². The van der Waals surface area contributed by atoms with Gasteiger partial charge in [0.15, 0.2) is 17.3 Å². The Kier molecular flexibility index (Phi) is 7.19. The summed E-state index contributed by atoms with van der Waals surface area (Å²) in [5.41, 5.74) is 2.64. The molecule has 0 unspecified atom stereocenters. The molecule has 188 valence electrons. The highest BCUT2D eigenvalue weighted by Crippen LogP contribution is 2.49. The van der Waals surface area contributed by atoms with Crippen LogP contribution in [-0.2, 0) is 23.9 Å². The van der Waals surface area contributed by atoms with E-state index in [1.165, 1.54) is 21.3 Å². The van der Waals surface area contributed by atoms with Gasteiger partial charge in [-0.3, -0.25) is 9.59 Å². The maximum atomic E-state index is 13.9. The van der Waals surface area contributed by atoms with Gasteiger partial charge in [0.05, 0.1) is 32.8 Å². The zero-order chi connectivity index (χ0) is 25.3. The van der Waals surface area contributed by atoms with Crippen molar-refractivity contribution in [3.8, 4) is 11.5 Å². The molecule has 1 N–H and O–H groups in total. The van der Waals surface area contributed by atoms with Crippen LogP contribution in [0.25, 0.3) is 0 Å². The second-order valence-electron chi connectivity index (χ2n) is 9.43. The molecule has 3 aliphatic rings. The molecule has 8 nitrogen and oxygen atoms in total. The molecule has 0 spiro atoms. The van der Waals surface area contributed by atoms with Gasteiger partial charge in [0.25, 0.3) is 0 Å². The van der Waals surface area contributed by atoms with Gasteiger partial charge >= 0.3 is 11.9 Å². The molecule has 8 heteroatoms. The van der Waals surface area contributed by atoms with Crippen molar-refractivity contribution in [3.05, 3.63) is 46.3 Å². The molecule has 1 aliphatic heterocycles. The number of hydrogen-bond acceptors (Lipinski definition) is 8. The van der Waals surface area contributed by atoms with E-state index in [1.807, 2.05) is 19.9 Å². The number of rotatable bonds is 6. The smallest absolute Gasteiger partial charge is 0.337 e. The van der Waals surface area contributed by atoms with Crippen LogP contribution in [-0.4, -0.2) is 45.2 Å². The van der Waals surface area contributed by atoms with Gasteiger partial charge in [-0.25, -0.2) is 4.79 Å². The molecule has 2 aliphatic carbocycles. The predicted molar refractivity (Wildman–Crippen MR) is 128 cm³/mol. The highest BCUT2D eigenvalue weighted by atomic mass is 16.5. The number of ketones is 1. The SMILES string of the molecule is COC(=O)[C@@H]1C(=O)C2=C(C[C@@H]1C)NC(C)=C(C(=O)OC1CCCC1)[C@@H]2c1cccc(OC)c1OC. The fourth-order valence-corrected chi connectivity index (χ4v) is 5.62. The van der Waals surface area contributed by atoms with Crippen LogP contribution in [0.4, 0.5) is 0 Å². The van der Waals surface area contributed by atoms with Crippen LogP contribution in [0.3, 0.4) is 0 Å². The van der Waals surface area contributed by atoms with Crippen LogP contribution >= 0.6 is 0 Å². The Bertz CT molecular complexity index is 1100. The fourth-order valence-electron chi connectivity index (χ4n) is 5.62. The summed E-state index contributed by atoms with van der Waals surface area (Å²) in [6.07, 6.45) is 4.02. The molecule has 1 saturated carbocycles. The topological polar surface area (TPSA) is 100 Å². The van der Waals surface area contributed by atoms with Crippen LogP contribution in [0.15, 0.2) is 40.7 Å². The average molecular weight is 484 g/mol. The number of hydrogen-bond donors (Lipinski definition) is 1. The van der Waals surface area contributed by atoms with Crippen molar-refractivity contribution < 1.29 is 33.3 Å². The normalized spacial score (nSPS) is 24.6. The molecule has 0 saturated heterocycles. The third kappa shape index (κ3) is 4.42. The van der Waals surface area contributed by atoms with Gasteiger partial charge in [-0.15, -0.1) is 0 Å². The summed E-state index contributed by atoms with van der Waals surface area (Å²) in [5, 5.41) is 3.29. The van der Waals surface area contributed by atoms with Crippen molar-refractivity contribution in [1.29, 1.82) is 0 Å². The van der Waals surface area contributed by atoms with Crippen LogP contribution < -0.4 is 14.8 Å². The number of esters is 2. The maximum absolute atomic E-state index is 13.9. The van der Waals surface area contributed by atoms with Crippen molar-refractivity contribution in [2.45, 2.75) is 58.0 Å². The predicted octanol–water partition coefficient (Wildman–Crippen LogP) is 3.80. The van der Waals surface area contributed by atoms with Gasteiger partial charge in [-0.1, -0.05) is 19.1 Å². The highest BCUT2D eigenvalue weighted by molar-refractivity contribution is 6.12. The lowest BCUT2D eigenvalue weighted by Crippen LogP contribution is -2.43. The van der Waals surface area contributed by atoms with Crippen molar-refractivity contribution >= 4 is 17.7 Å². The number of allylic oxidation sites excluding steroid dienone is 3. The Morgan fingerprint density at radius 2 is 1.77 bits per heavy atom. The summed E-state index contributed by atoms with van der Waals surface area (Å²) in [6.45, 7) is 3.67. The Balaban J connectivity index is 1.88. The first kappa shape index (κ1) is 24.8. The van der Waals surface area contributed by atoms with Crippen LogP contribution in [0.2, 0.25) is 0 Å². The largest absolute Gasteiger partial charge is 0.493 e. The van der Waals surface area contributed by atoms with Crippen molar-refractivity contribution in [2.24, 2.45) is 11.8 Å². The minimum Gasteiger partial charge on any atom is -0.493 e. The van der Waals surface area contributed by atoms with Crippen LogP contribution in [0.1, 0.15) is 57.4 Å². The van der Waals surface area contributed by atoms with Crippen LogP contribution in [0, 0.1) is 11.8 Å². The molecule has 0 amide bonds. The van der Waals surface area contributed by atoms with E-state index in [0.717, 1.165) is 25.7 Å². The number of benzene rings is 1. The molecule has 0 bridgehead atoms. The second kappa shape index (κ2) is 10.1. The number of nitrogens with one attached hydrogen (secondary N) is 1. The molecular weight excluding hydrogens is 450 g/mol. The number of ether oxygens (including phenoxy) is 4. The van der Waals surface area contributed by atoms with Gasteiger partial charge in [0, 0.05) is 22.5 Å². The second-order valence-corrected chi connectivity index (χ2v) is 9.43. The number of Topliss-reactive ketones (excluding diaryl/α,β-unsaturated/α-hetero) is 1. The zero-order valence-electron chi connectivity index (χ0n) is 20.9. The minimum absolute atomic E-state index is 0.143. The van der Waals surface area contributed by atoms with E-state index in [9.17, 15) is 14.4 Å². The molecule has 0 aromatic heterocycles. The molecule has 1 heterocycles. The lowest BCUT2D eigenvalue weighted by atomic mass is 9.69. The van der Waals surface area contributed by atoms with E-state index in [2.05, 4.69) is 5.32 Å². The van der Waals surface area contributed by atoms with Gasteiger partial charge in [0.2, 0.25) is 0 Å². The molecule has 35 heavy (non-hydrogen) atoms. The number of dihydropyridines is 1. The first-order valence-corrected chi connectivity index (χ1v) is 12.1. The summed E-state index contributed by atoms with van der Waals surface area (Å²) in [7, 11) is 4.33. The summed E-state index contributed by atoms with van der Waals surface area (Å²) < 4.78 is 22.1. The first-order valence-electron chi connectivity index (χ1n) is 12.1. The molecule has 1 fully saturated rings. The quantitative estimate of drug-likeness (QED) is 0.482. The lowest BCUT2D eigenvalue weighted by molar-refractivity contribution is -0.151. The summed E-state index contributed by atoms with van der Waals surface area (Å²) in [4.78, 5) is 40.1. The molecule has 1 aromatic carbocycles. The standard InChI is InChI=1S/C27H33NO7/c1-14-13-18-23(24(29)20(14)26(30)34-5)22(17-11-8-12-19(32-3)25(17)33-4)21(15(2)28-18)27(31)35-16-9-6-7-10-16/h8,11-12,14,16,20,22,28H,6-7,9-10,13H2,1-5H3/t14-,20-,22-/m0/s1. The maximum Gasteiger partial charge on any atom is 0.337 e. The molecule has 1 aromatic rings. The average Bonchev–Trinajstić information content (AvgIpc) is 3.35. The zero-order valence-corrected chi connectivity index (χ0v) is 20.9. The van der Waals surface area contributed by atoms with Crippen molar-refractivity contribution in [1.82, 2.24) is 5.32 Å². The van der Waals surface area contributed by atoms with Gasteiger partial charge in [-0.2, -0.15) is 0 Å². The molecule has 3 atom stereocenters. The third-order valence-corrected chi connectivity index (χ3v) is 7.28. The first-order chi connectivity index (χ1) is 16.8. The van der Waals surface area contributed by atoms with E-state index >= 15 is 0 Å². The Labute approximate surface area is 205 Å². The number of carbonyl (C=O) groups excluding carboxylic acids is 3. The number of methoxy groups -OCH3 is 3. The van der Waals surface area contributed by atoms with Crippen molar-refractivity contribution in [2.75, 3.05) is 21.3 Å². The van der Waals surface area contributed by atoms with E-state index < -0.39 is 23.8 Å². The highest BCUT2D eigenvalue weighted by Gasteiger charge is 2.48. The molecular formula is C27H33NO7. The van der Waals surface area contributed by atoms with Crippen molar-refractivity contribution in [3.63, 3.8) is 0 Å². The Hall–Kier alpha value is -3.29. The Morgan fingerprint density at radius 1 is 1.06 bits per heavy atom. The van der Waals surface area contributed by atoms with Gasteiger partial charge in [-0.05, 0) is 51.0 Å². The monoisotopic (exact) mass is 483 g/mol. The third-order valence-electron chi connectivity index (χ3n) is 7.28. The minimum atomic E-state index is -0.954. The number of carbonyl (C=O) groups is 3. The summed E-state index contributed by atoms with van der Waals surface area (Å²) in [5.74, 6) is -2.49. The molecule has 0 radical (unpaired) electrons. The van der Waals surface area contributed by atoms with E-state index in [-0.39, 0.29) is 17.8 Å².